The Morgan fingerprint density at radius 3 is 2.89 bits per heavy atom. The van der Waals surface area contributed by atoms with E-state index in [1.54, 1.807) is 0 Å². The molecular weight excluding hydrogens is 238 g/mol. The fourth-order valence-corrected chi connectivity index (χ4v) is 2.64. The second-order valence-electron chi connectivity index (χ2n) is 5.22. The smallest absolute Gasteiger partial charge is 0.139 e. The van der Waals surface area contributed by atoms with E-state index < -0.39 is 0 Å². The van der Waals surface area contributed by atoms with Crippen molar-refractivity contribution in [1.29, 1.82) is 0 Å². The topological polar surface area (TPSA) is 46.9 Å². The molecule has 0 bridgehead atoms. The van der Waals surface area contributed by atoms with Gasteiger partial charge >= 0.3 is 0 Å². The van der Waals surface area contributed by atoms with E-state index in [4.69, 9.17) is 0 Å². The normalized spacial score (nSPS) is 15.6. The number of hydrogen-bond acceptors (Lipinski definition) is 3. The Bertz CT molecular complexity index is 598. The number of benzene rings is 1. The Hall–Kier alpha value is -1.68. The Kier molecular flexibility index (Phi) is 3.34. The van der Waals surface area contributed by atoms with E-state index in [1.165, 1.54) is 0 Å². The summed E-state index contributed by atoms with van der Waals surface area (Å²) in [4.78, 5) is 12.1. The van der Waals surface area contributed by atoms with Crippen LogP contribution in [0, 0.1) is 5.92 Å². The van der Waals surface area contributed by atoms with Gasteiger partial charge in [0.15, 0.2) is 0 Å². The summed E-state index contributed by atoms with van der Waals surface area (Å²) in [6.45, 7) is 4.87. The van der Waals surface area contributed by atoms with Crippen LogP contribution in [0.25, 0.3) is 10.9 Å². The quantitative estimate of drug-likeness (QED) is 0.888. The van der Waals surface area contributed by atoms with Crippen LogP contribution in [0.5, 0.6) is 0 Å². The van der Waals surface area contributed by atoms with Crippen molar-refractivity contribution in [3.8, 4) is 0 Å². The van der Waals surface area contributed by atoms with E-state index in [9.17, 15) is 4.79 Å². The first kappa shape index (κ1) is 12.4. The van der Waals surface area contributed by atoms with Gasteiger partial charge in [0, 0.05) is 18.4 Å². The molecule has 0 spiro atoms. The summed E-state index contributed by atoms with van der Waals surface area (Å²) in [5.74, 6) is 0.838. The molecule has 4 heteroatoms. The van der Waals surface area contributed by atoms with Crippen LogP contribution in [0.15, 0.2) is 24.3 Å². The van der Waals surface area contributed by atoms with Gasteiger partial charge in [0.1, 0.15) is 5.78 Å². The molecule has 0 amide bonds. The molecule has 0 saturated carbocycles. The minimum absolute atomic E-state index is 0.304. The molecule has 1 saturated heterocycles. The van der Waals surface area contributed by atoms with Crippen LogP contribution in [-0.2, 0) is 17.8 Å². The average molecular weight is 257 g/mol. The molecule has 0 unspecified atom stereocenters. The number of hydrogen-bond donors (Lipinski definition) is 1. The lowest BCUT2D eigenvalue weighted by Gasteiger charge is -2.26. The number of aryl methyl sites for hydroxylation is 1. The fourth-order valence-electron chi connectivity index (χ4n) is 2.64. The molecule has 0 aliphatic carbocycles. The first-order valence-electron chi connectivity index (χ1n) is 6.94. The largest absolute Gasteiger partial charge is 0.316 e. The average Bonchev–Trinajstić information content (AvgIpc) is 2.73. The molecule has 2 heterocycles. The van der Waals surface area contributed by atoms with Crippen LogP contribution in [-0.4, -0.2) is 28.7 Å². The predicted molar refractivity (Wildman–Crippen MR) is 75.1 cm³/mol. The lowest BCUT2D eigenvalue weighted by molar-refractivity contribution is -0.119. The summed E-state index contributed by atoms with van der Waals surface area (Å²) in [7, 11) is 0. The molecule has 0 atom stereocenters. The highest BCUT2D eigenvalue weighted by Crippen LogP contribution is 2.20. The number of carbonyl (C=O) groups is 1. The van der Waals surface area contributed by atoms with Gasteiger partial charge in [0.2, 0.25) is 0 Å². The predicted octanol–water partition coefficient (Wildman–Crippen LogP) is 1.78. The second kappa shape index (κ2) is 5.13. The zero-order valence-corrected chi connectivity index (χ0v) is 11.2. The van der Waals surface area contributed by atoms with Crippen molar-refractivity contribution >= 4 is 16.7 Å². The van der Waals surface area contributed by atoms with E-state index in [1.807, 2.05) is 16.8 Å². The van der Waals surface area contributed by atoms with Gasteiger partial charge in [-0.1, -0.05) is 18.2 Å². The van der Waals surface area contributed by atoms with Crippen LogP contribution in [0.4, 0.5) is 0 Å². The number of aromatic nitrogens is 2. The van der Waals surface area contributed by atoms with Gasteiger partial charge in [0.05, 0.1) is 17.6 Å². The zero-order valence-electron chi connectivity index (χ0n) is 11.2. The van der Waals surface area contributed by atoms with Crippen LogP contribution in [0.1, 0.15) is 19.0 Å². The molecule has 3 rings (SSSR count). The number of fused-ring (bicyclic) bond motifs is 1. The molecule has 100 valence electrons. The molecule has 1 aromatic carbocycles. The third-order valence-corrected chi connectivity index (χ3v) is 3.78. The van der Waals surface area contributed by atoms with Gasteiger partial charge in [-0.3, -0.25) is 9.48 Å². The van der Waals surface area contributed by atoms with Gasteiger partial charge < -0.3 is 5.32 Å². The Balaban J connectivity index is 1.81. The molecule has 1 aromatic heterocycles. The maximum atomic E-state index is 12.1. The van der Waals surface area contributed by atoms with Crippen molar-refractivity contribution in [3.63, 3.8) is 0 Å². The molecule has 1 aliphatic heterocycles. The highest BCUT2D eigenvalue weighted by Gasteiger charge is 2.21. The number of rotatable bonds is 5. The van der Waals surface area contributed by atoms with Crippen LogP contribution in [0.2, 0.25) is 0 Å². The maximum Gasteiger partial charge on any atom is 0.139 e. The third kappa shape index (κ3) is 2.40. The summed E-state index contributed by atoms with van der Waals surface area (Å²) >= 11 is 0. The van der Waals surface area contributed by atoms with Crippen molar-refractivity contribution < 1.29 is 4.79 Å². The van der Waals surface area contributed by atoms with Gasteiger partial charge in [-0.15, -0.1) is 0 Å². The SMILES string of the molecule is CCn1nc(CC(=O)CC2CNC2)c2ccccc21. The number of Topliss-reactive ketones (excluding diaryl/α,β-unsaturated/α-hetero) is 1. The third-order valence-electron chi connectivity index (χ3n) is 3.78. The minimum atomic E-state index is 0.304. The van der Waals surface area contributed by atoms with Gasteiger partial charge in [-0.05, 0) is 32.0 Å². The summed E-state index contributed by atoms with van der Waals surface area (Å²) in [5, 5.41) is 8.90. The molecular formula is C15H19N3O. The maximum absolute atomic E-state index is 12.1. The second-order valence-corrected chi connectivity index (χ2v) is 5.22. The van der Waals surface area contributed by atoms with Crippen LogP contribution >= 0.6 is 0 Å². The highest BCUT2D eigenvalue weighted by molar-refractivity contribution is 5.88. The van der Waals surface area contributed by atoms with Crippen molar-refractivity contribution in [2.45, 2.75) is 26.3 Å². The molecule has 4 nitrogen and oxygen atoms in total. The van der Waals surface area contributed by atoms with Crippen molar-refractivity contribution in [2.75, 3.05) is 13.1 Å². The zero-order chi connectivity index (χ0) is 13.2. The van der Waals surface area contributed by atoms with Gasteiger partial charge in [0.25, 0.3) is 0 Å². The molecule has 0 radical (unpaired) electrons. The minimum Gasteiger partial charge on any atom is -0.316 e. The lowest BCUT2D eigenvalue weighted by Crippen LogP contribution is -2.43. The lowest BCUT2D eigenvalue weighted by atomic mass is 9.95. The number of carbonyl (C=O) groups excluding carboxylic acids is 1. The summed E-state index contributed by atoms with van der Waals surface area (Å²) < 4.78 is 1.98. The van der Waals surface area contributed by atoms with E-state index in [0.29, 0.717) is 24.5 Å². The summed E-state index contributed by atoms with van der Waals surface area (Å²) in [5.41, 5.74) is 2.05. The van der Waals surface area contributed by atoms with E-state index in [2.05, 4.69) is 29.5 Å². The number of nitrogens with one attached hydrogen (secondary N) is 1. The Morgan fingerprint density at radius 1 is 1.42 bits per heavy atom. The standard InChI is InChI=1S/C15H19N3O/c1-2-18-15-6-4-3-5-13(15)14(17-18)8-12(19)7-11-9-16-10-11/h3-6,11,16H,2,7-10H2,1H3. The van der Waals surface area contributed by atoms with Gasteiger partial charge in [-0.2, -0.15) is 5.10 Å². The number of nitrogens with zero attached hydrogens (tertiary/aromatic N) is 2. The summed E-state index contributed by atoms with van der Waals surface area (Å²) in [6, 6.07) is 8.15. The Labute approximate surface area is 112 Å². The highest BCUT2D eigenvalue weighted by atomic mass is 16.1. The molecule has 19 heavy (non-hydrogen) atoms. The molecule has 1 N–H and O–H groups in total. The molecule has 2 aromatic rings. The fraction of sp³-hybridized carbons (Fsp3) is 0.467. The van der Waals surface area contributed by atoms with Crippen LogP contribution in [0.3, 0.4) is 0 Å². The van der Waals surface area contributed by atoms with Crippen molar-refractivity contribution in [3.05, 3.63) is 30.0 Å². The number of para-hydroxylation sites is 1. The monoisotopic (exact) mass is 257 g/mol. The molecule has 1 fully saturated rings. The van der Waals surface area contributed by atoms with E-state index >= 15 is 0 Å². The summed E-state index contributed by atoms with van der Waals surface area (Å²) in [6.07, 6.45) is 1.14. The van der Waals surface area contributed by atoms with Crippen molar-refractivity contribution in [2.24, 2.45) is 5.92 Å². The van der Waals surface area contributed by atoms with Gasteiger partial charge in [-0.25, -0.2) is 0 Å². The van der Waals surface area contributed by atoms with Crippen LogP contribution < -0.4 is 5.32 Å². The van der Waals surface area contributed by atoms with E-state index in [0.717, 1.165) is 36.2 Å². The first-order valence-corrected chi connectivity index (χ1v) is 6.94. The Morgan fingerprint density at radius 2 is 2.21 bits per heavy atom. The number of ketones is 1. The van der Waals surface area contributed by atoms with E-state index in [-0.39, 0.29) is 0 Å². The van der Waals surface area contributed by atoms with Crippen molar-refractivity contribution in [1.82, 2.24) is 15.1 Å². The molecule has 1 aliphatic rings. The first-order chi connectivity index (χ1) is 9.28.